The normalized spacial score (nSPS) is 43.4. The van der Waals surface area contributed by atoms with Crippen molar-refractivity contribution in [3.05, 3.63) is 0 Å². The SMILES string of the molecule is CCOC(C)CNC(C)C12CC3CC(CC(C3)C1)C2. The molecule has 1 N–H and O–H groups in total. The Kier molecular flexibility index (Phi) is 3.92. The monoisotopic (exact) mass is 265 g/mol. The van der Waals surface area contributed by atoms with Crippen molar-refractivity contribution in [1.82, 2.24) is 5.32 Å². The van der Waals surface area contributed by atoms with Crippen molar-refractivity contribution in [2.24, 2.45) is 23.2 Å². The van der Waals surface area contributed by atoms with Gasteiger partial charge < -0.3 is 10.1 Å². The standard InChI is InChI=1S/C17H31NO/c1-4-19-12(2)11-18-13(3)17-8-14-5-15(9-17)7-16(6-14)10-17/h12-16,18H,4-11H2,1-3H3. The molecule has 2 heteroatoms. The minimum absolute atomic E-state index is 0.348. The van der Waals surface area contributed by atoms with Crippen LogP contribution in [0.25, 0.3) is 0 Å². The van der Waals surface area contributed by atoms with E-state index >= 15 is 0 Å². The van der Waals surface area contributed by atoms with E-state index in [4.69, 9.17) is 4.74 Å². The summed E-state index contributed by atoms with van der Waals surface area (Å²) in [5.74, 6) is 3.17. The van der Waals surface area contributed by atoms with Gasteiger partial charge in [0.15, 0.2) is 0 Å². The molecule has 4 aliphatic rings. The van der Waals surface area contributed by atoms with Gasteiger partial charge in [-0.15, -0.1) is 0 Å². The number of hydrogen-bond donors (Lipinski definition) is 1. The van der Waals surface area contributed by atoms with Gasteiger partial charge in [-0.3, -0.25) is 0 Å². The van der Waals surface area contributed by atoms with Crippen LogP contribution in [-0.4, -0.2) is 25.3 Å². The Morgan fingerprint density at radius 2 is 1.58 bits per heavy atom. The number of nitrogens with one attached hydrogen (secondary N) is 1. The molecule has 0 heterocycles. The molecule has 0 saturated heterocycles. The second-order valence-electron chi connectivity index (χ2n) is 7.68. The fourth-order valence-electron chi connectivity index (χ4n) is 5.61. The van der Waals surface area contributed by atoms with Gasteiger partial charge >= 0.3 is 0 Å². The van der Waals surface area contributed by atoms with Crippen molar-refractivity contribution in [3.63, 3.8) is 0 Å². The molecule has 0 spiro atoms. The first kappa shape index (κ1) is 13.9. The van der Waals surface area contributed by atoms with Crippen LogP contribution in [0.1, 0.15) is 59.3 Å². The zero-order chi connectivity index (χ0) is 13.5. The van der Waals surface area contributed by atoms with Crippen LogP contribution in [0.5, 0.6) is 0 Å². The van der Waals surface area contributed by atoms with E-state index in [-0.39, 0.29) is 0 Å². The molecule has 0 aliphatic heterocycles. The molecule has 0 radical (unpaired) electrons. The summed E-state index contributed by atoms with van der Waals surface area (Å²) < 4.78 is 5.65. The Labute approximate surface area is 118 Å². The molecule has 2 atom stereocenters. The third kappa shape index (κ3) is 2.71. The third-order valence-corrected chi connectivity index (χ3v) is 6.17. The van der Waals surface area contributed by atoms with E-state index in [1.807, 2.05) is 0 Å². The Hall–Kier alpha value is -0.0800. The van der Waals surface area contributed by atoms with Gasteiger partial charge in [0, 0.05) is 19.2 Å². The topological polar surface area (TPSA) is 21.3 Å². The van der Waals surface area contributed by atoms with E-state index in [9.17, 15) is 0 Å². The Morgan fingerprint density at radius 1 is 1.05 bits per heavy atom. The summed E-state index contributed by atoms with van der Waals surface area (Å²) in [7, 11) is 0. The van der Waals surface area contributed by atoms with E-state index in [0.29, 0.717) is 17.6 Å². The first-order valence-corrected chi connectivity index (χ1v) is 8.46. The minimum Gasteiger partial charge on any atom is -0.377 e. The van der Waals surface area contributed by atoms with Crippen molar-refractivity contribution in [2.45, 2.75) is 71.4 Å². The lowest BCUT2D eigenvalue weighted by molar-refractivity contribution is -0.0721. The average Bonchev–Trinajstić information content (AvgIpc) is 2.34. The second kappa shape index (κ2) is 5.37. The maximum Gasteiger partial charge on any atom is 0.0671 e. The molecule has 19 heavy (non-hydrogen) atoms. The molecule has 4 saturated carbocycles. The summed E-state index contributed by atoms with van der Waals surface area (Å²) in [6.07, 6.45) is 9.47. The van der Waals surface area contributed by atoms with Gasteiger partial charge in [-0.1, -0.05) is 0 Å². The lowest BCUT2D eigenvalue weighted by atomic mass is 9.48. The number of ether oxygens (including phenoxy) is 1. The molecule has 0 aromatic heterocycles. The highest BCUT2D eigenvalue weighted by Crippen LogP contribution is 2.61. The highest BCUT2D eigenvalue weighted by atomic mass is 16.5. The summed E-state index contributed by atoms with van der Waals surface area (Å²) >= 11 is 0. The fourth-order valence-corrected chi connectivity index (χ4v) is 5.61. The molecule has 0 aromatic rings. The summed E-state index contributed by atoms with van der Waals surface area (Å²) in [5.41, 5.74) is 0.626. The van der Waals surface area contributed by atoms with Crippen LogP contribution < -0.4 is 5.32 Å². The highest BCUT2D eigenvalue weighted by molar-refractivity contribution is 5.05. The van der Waals surface area contributed by atoms with E-state index in [2.05, 4.69) is 26.1 Å². The van der Waals surface area contributed by atoms with Crippen molar-refractivity contribution in [2.75, 3.05) is 13.2 Å². The van der Waals surface area contributed by atoms with Gasteiger partial charge in [0.05, 0.1) is 6.10 Å². The summed E-state index contributed by atoms with van der Waals surface area (Å²) in [6.45, 7) is 8.54. The van der Waals surface area contributed by atoms with Gasteiger partial charge in [0.25, 0.3) is 0 Å². The van der Waals surface area contributed by atoms with Crippen LogP contribution in [0.15, 0.2) is 0 Å². The zero-order valence-electron chi connectivity index (χ0n) is 13.0. The Morgan fingerprint density at radius 3 is 2.05 bits per heavy atom. The first-order chi connectivity index (χ1) is 9.11. The number of rotatable bonds is 6. The van der Waals surface area contributed by atoms with Gasteiger partial charge in [-0.05, 0) is 82.5 Å². The molecule has 4 bridgehead atoms. The van der Waals surface area contributed by atoms with Crippen molar-refractivity contribution in [3.8, 4) is 0 Å². The maximum absolute atomic E-state index is 5.65. The van der Waals surface area contributed by atoms with E-state index in [1.165, 1.54) is 19.3 Å². The van der Waals surface area contributed by atoms with Crippen molar-refractivity contribution in [1.29, 1.82) is 0 Å². The zero-order valence-corrected chi connectivity index (χ0v) is 13.0. The van der Waals surface area contributed by atoms with Gasteiger partial charge in [-0.25, -0.2) is 0 Å². The molecule has 0 aromatic carbocycles. The fraction of sp³-hybridized carbons (Fsp3) is 1.00. The van der Waals surface area contributed by atoms with Crippen LogP contribution in [0.2, 0.25) is 0 Å². The predicted octanol–water partition coefficient (Wildman–Crippen LogP) is 3.61. The van der Waals surface area contributed by atoms with E-state index < -0.39 is 0 Å². The van der Waals surface area contributed by atoms with Crippen LogP contribution >= 0.6 is 0 Å². The largest absolute Gasteiger partial charge is 0.377 e. The van der Waals surface area contributed by atoms with Crippen molar-refractivity contribution < 1.29 is 4.74 Å². The Bertz CT molecular complexity index is 279. The van der Waals surface area contributed by atoms with Gasteiger partial charge in [0.1, 0.15) is 0 Å². The summed E-state index contributed by atoms with van der Waals surface area (Å²) in [4.78, 5) is 0. The molecule has 4 fully saturated rings. The van der Waals surface area contributed by atoms with Gasteiger partial charge in [-0.2, -0.15) is 0 Å². The lowest BCUT2D eigenvalue weighted by Crippen LogP contribution is -2.55. The first-order valence-electron chi connectivity index (χ1n) is 8.46. The van der Waals surface area contributed by atoms with Crippen LogP contribution in [0, 0.1) is 23.2 Å². The smallest absolute Gasteiger partial charge is 0.0671 e. The minimum atomic E-state index is 0.348. The molecular formula is C17H31NO. The van der Waals surface area contributed by atoms with Crippen LogP contribution in [0.4, 0.5) is 0 Å². The number of hydrogen-bond acceptors (Lipinski definition) is 2. The molecular weight excluding hydrogens is 234 g/mol. The predicted molar refractivity (Wildman–Crippen MR) is 79.2 cm³/mol. The van der Waals surface area contributed by atoms with Gasteiger partial charge in [0.2, 0.25) is 0 Å². The molecule has 2 unspecified atom stereocenters. The molecule has 4 aliphatic carbocycles. The van der Waals surface area contributed by atoms with Crippen LogP contribution in [-0.2, 0) is 4.74 Å². The molecule has 0 amide bonds. The van der Waals surface area contributed by atoms with Crippen LogP contribution in [0.3, 0.4) is 0 Å². The molecule has 4 rings (SSSR count). The average molecular weight is 265 g/mol. The van der Waals surface area contributed by atoms with Crippen molar-refractivity contribution >= 4 is 0 Å². The quantitative estimate of drug-likeness (QED) is 0.792. The lowest BCUT2D eigenvalue weighted by Gasteiger charge is -2.59. The summed E-state index contributed by atoms with van der Waals surface area (Å²) in [5, 5.41) is 3.80. The second-order valence-corrected chi connectivity index (χ2v) is 7.68. The highest BCUT2D eigenvalue weighted by Gasteiger charge is 2.52. The van der Waals surface area contributed by atoms with E-state index in [0.717, 1.165) is 30.9 Å². The summed E-state index contributed by atoms with van der Waals surface area (Å²) in [6, 6.07) is 0.670. The van der Waals surface area contributed by atoms with E-state index in [1.54, 1.807) is 19.3 Å². The molecule has 2 nitrogen and oxygen atoms in total. The Balaban J connectivity index is 1.58. The third-order valence-electron chi connectivity index (χ3n) is 6.17. The maximum atomic E-state index is 5.65. The molecule has 110 valence electrons.